The minimum Gasteiger partial charge on any atom is -0.321 e. The van der Waals surface area contributed by atoms with E-state index in [-0.39, 0.29) is 5.91 Å². The van der Waals surface area contributed by atoms with Crippen LogP contribution in [0.2, 0.25) is 0 Å². The number of carbonyl (C=O) groups is 1. The highest BCUT2D eigenvalue weighted by Gasteiger charge is 2.14. The highest BCUT2D eigenvalue weighted by molar-refractivity contribution is 7.16. The van der Waals surface area contributed by atoms with Gasteiger partial charge in [-0.05, 0) is 42.2 Å². The molecule has 112 valence electrons. The van der Waals surface area contributed by atoms with E-state index in [1.807, 2.05) is 37.3 Å². The lowest BCUT2D eigenvalue weighted by Crippen LogP contribution is -2.14. The highest BCUT2D eigenvalue weighted by Crippen LogP contribution is 2.28. The Kier molecular flexibility index (Phi) is 3.94. The number of benzene rings is 2. The molecule has 1 heterocycles. The Morgan fingerprint density at radius 1 is 1.23 bits per heavy atom. The summed E-state index contributed by atoms with van der Waals surface area (Å²) in [6.07, 6.45) is 0. The second-order valence-electron chi connectivity index (χ2n) is 5.68. The molecule has 1 N–H and O–H groups in total. The molecule has 3 nitrogen and oxygen atoms in total. The van der Waals surface area contributed by atoms with Crippen LogP contribution in [0.25, 0.3) is 10.2 Å². The number of nitrogens with one attached hydrogen (secondary N) is 1. The Bertz CT molecular complexity index is 836. The van der Waals surface area contributed by atoms with Gasteiger partial charge in [-0.15, -0.1) is 11.3 Å². The van der Waals surface area contributed by atoms with E-state index in [4.69, 9.17) is 0 Å². The lowest BCUT2D eigenvalue weighted by atomic mass is 9.98. The molecule has 0 fully saturated rings. The van der Waals surface area contributed by atoms with Crippen LogP contribution in [-0.2, 0) is 0 Å². The molecule has 4 heteroatoms. The first kappa shape index (κ1) is 14.7. The predicted molar refractivity (Wildman–Crippen MR) is 92.8 cm³/mol. The smallest absolute Gasteiger partial charge is 0.255 e. The molecule has 0 aliphatic heterocycles. The molecule has 1 amide bonds. The van der Waals surface area contributed by atoms with E-state index in [1.165, 1.54) is 0 Å². The molecular formula is C18H18N2OS. The van der Waals surface area contributed by atoms with Crippen molar-refractivity contribution in [3.05, 3.63) is 58.6 Å². The van der Waals surface area contributed by atoms with Crippen LogP contribution >= 0.6 is 11.3 Å². The normalized spacial score (nSPS) is 11.1. The monoisotopic (exact) mass is 310 g/mol. The van der Waals surface area contributed by atoms with Gasteiger partial charge in [0.25, 0.3) is 5.91 Å². The number of amides is 1. The fourth-order valence-electron chi connectivity index (χ4n) is 2.52. The maximum Gasteiger partial charge on any atom is 0.255 e. The second kappa shape index (κ2) is 5.89. The molecule has 0 aliphatic carbocycles. The third-order valence-corrected chi connectivity index (χ3v) is 4.55. The maximum absolute atomic E-state index is 12.6. The van der Waals surface area contributed by atoms with Gasteiger partial charge >= 0.3 is 0 Å². The predicted octanol–water partition coefficient (Wildman–Crippen LogP) is 4.98. The van der Waals surface area contributed by atoms with Crippen molar-refractivity contribution in [2.75, 3.05) is 5.32 Å². The Balaban J connectivity index is 1.94. The van der Waals surface area contributed by atoms with Crippen molar-refractivity contribution < 1.29 is 4.79 Å². The van der Waals surface area contributed by atoms with Gasteiger partial charge in [-0.3, -0.25) is 4.79 Å². The van der Waals surface area contributed by atoms with Gasteiger partial charge in [0, 0.05) is 11.3 Å². The molecule has 0 bridgehead atoms. The molecule has 0 radical (unpaired) electrons. The summed E-state index contributed by atoms with van der Waals surface area (Å²) in [6.45, 7) is 6.29. The Morgan fingerprint density at radius 2 is 2.05 bits per heavy atom. The van der Waals surface area contributed by atoms with Crippen LogP contribution in [0.4, 0.5) is 5.69 Å². The van der Waals surface area contributed by atoms with Gasteiger partial charge < -0.3 is 5.32 Å². The summed E-state index contributed by atoms with van der Waals surface area (Å²) in [7, 11) is 0. The van der Waals surface area contributed by atoms with Crippen molar-refractivity contribution in [3.63, 3.8) is 0 Å². The van der Waals surface area contributed by atoms with Gasteiger partial charge in [0.1, 0.15) is 0 Å². The zero-order valence-corrected chi connectivity index (χ0v) is 13.7. The molecule has 22 heavy (non-hydrogen) atoms. The number of hydrogen-bond acceptors (Lipinski definition) is 3. The van der Waals surface area contributed by atoms with Crippen LogP contribution in [-0.4, -0.2) is 10.9 Å². The fraction of sp³-hybridized carbons (Fsp3) is 0.222. The van der Waals surface area contributed by atoms with Crippen LogP contribution in [0, 0.1) is 6.92 Å². The van der Waals surface area contributed by atoms with Gasteiger partial charge in [-0.25, -0.2) is 4.98 Å². The van der Waals surface area contributed by atoms with Crippen LogP contribution in [0.15, 0.2) is 41.9 Å². The summed E-state index contributed by atoms with van der Waals surface area (Å²) < 4.78 is 1.03. The number of anilines is 1. The largest absolute Gasteiger partial charge is 0.321 e. The molecule has 3 rings (SSSR count). The van der Waals surface area contributed by atoms with Crippen molar-refractivity contribution in [2.45, 2.75) is 26.7 Å². The van der Waals surface area contributed by atoms with E-state index >= 15 is 0 Å². The molecule has 0 atom stereocenters. The van der Waals surface area contributed by atoms with E-state index in [9.17, 15) is 4.79 Å². The number of nitrogens with zero attached hydrogens (tertiary/aromatic N) is 1. The first-order chi connectivity index (χ1) is 10.6. The topological polar surface area (TPSA) is 42.0 Å². The molecule has 0 saturated carbocycles. The lowest BCUT2D eigenvalue weighted by Gasteiger charge is -2.16. The summed E-state index contributed by atoms with van der Waals surface area (Å²) in [5.41, 5.74) is 6.55. The first-order valence-electron chi connectivity index (χ1n) is 7.30. The molecule has 2 aromatic carbocycles. The van der Waals surface area contributed by atoms with Gasteiger partial charge in [-0.2, -0.15) is 0 Å². The van der Waals surface area contributed by atoms with Crippen molar-refractivity contribution in [1.82, 2.24) is 4.98 Å². The van der Waals surface area contributed by atoms with Gasteiger partial charge in [0.15, 0.2) is 0 Å². The molecular weight excluding hydrogens is 292 g/mol. The number of para-hydroxylation sites is 1. The van der Waals surface area contributed by atoms with Crippen LogP contribution in [0.5, 0.6) is 0 Å². The summed E-state index contributed by atoms with van der Waals surface area (Å²) >= 11 is 1.55. The molecule has 0 spiro atoms. The van der Waals surface area contributed by atoms with Crippen molar-refractivity contribution >= 4 is 33.1 Å². The minimum atomic E-state index is -0.0773. The third kappa shape index (κ3) is 2.74. The molecule has 0 unspecified atom stereocenters. The zero-order chi connectivity index (χ0) is 15.7. The quantitative estimate of drug-likeness (QED) is 0.741. The average molecular weight is 310 g/mol. The fourth-order valence-corrected chi connectivity index (χ4v) is 3.24. The Hall–Kier alpha value is -2.20. The van der Waals surface area contributed by atoms with Crippen molar-refractivity contribution in [3.8, 4) is 0 Å². The van der Waals surface area contributed by atoms with Crippen LogP contribution < -0.4 is 5.32 Å². The maximum atomic E-state index is 12.6. The number of hydrogen-bond donors (Lipinski definition) is 1. The second-order valence-corrected chi connectivity index (χ2v) is 6.57. The summed E-state index contributed by atoms with van der Waals surface area (Å²) in [4.78, 5) is 16.8. The Labute approximate surface area is 134 Å². The van der Waals surface area contributed by atoms with E-state index in [2.05, 4.69) is 30.2 Å². The zero-order valence-electron chi connectivity index (χ0n) is 12.9. The number of aryl methyl sites for hydroxylation is 1. The van der Waals surface area contributed by atoms with E-state index in [1.54, 1.807) is 16.8 Å². The van der Waals surface area contributed by atoms with Gasteiger partial charge in [0.05, 0.1) is 15.7 Å². The Morgan fingerprint density at radius 3 is 2.82 bits per heavy atom. The highest BCUT2D eigenvalue weighted by atomic mass is 32.1. The van der Waals surface area contributed by atoms with Crippen LogP contribution in [0.1, 0.15) is 41.3 Å². The number of aromatic nitrogens is 1. The van der Waals surface area contributed by atoms with Gasteiger partial charge in [0.2, 0.25) is 0 Å². The van der Waals surface area contributed by atoms with Gasteiger partial charge in [-0.1, -0.05) is 32.0 Å². The number of rotatable bonds is 3. The molecule has 0 saturated heterocycles. The summed E-state index contributed by atoms with van der Waals surface area (Å²) in [5.74, 6) is 0.283. The number of fused-ring (bicyclic) bond motifs is 1. The molecule has 3 aromatic rings. The van der Waals surface area contributed by atoms with Crippen molar-refractivity contribution in [2.24, 2.45) is 0 Å². The molecule has 1 aromatic heterocycles. The standard InChI is InChI=1S/C18H18N2OS/c1-11(2)14-6-4-5-12(3)17(14)20-18(21)13-7-8-15-16(9-13)22-10-19-15/h4-11H,1-3H3,(H,20,21). The number of thiazole rings is 1. The third-order valence-electron chi connectivity index (χ3n) is 3.76. The average Bonchev–Trinajstić information content (AvgIpc) is 2.96. The summed E-state index contributed by atoms with van der Waals surface area (Å²) in [6, 6.07) is 11.7. The van der Waals surface area contributed by atoms with E-state index < -0.39 is 0 Å². The SMILES string of the molecule is Cc1cccc(C(C)C)c1NC(=O)c1ccc2ncsc2c1. The lowest BCUT2D eigenvalue weighted by molar-refractivity contribution is 0.102. The van der Waals surface area contributed by atoms with E-state index in [0.29, 0.717) is 11.5 Å². The minimum absolute atomic E-state index is 0.0773. The van der Waals surface area contributed by atoms with Crippen molar-refractivity contribution in [1.29, 1.82) is 0 Å². The molecule has 0 aliphatic rings. The van der Waals surface area contributed by atoms with E-state index in [0.717, 1.165) is 27.0 Å². The number of carbonyl (C=O) groups excluding carboxylic acids is 1. The summed E-state index contributed by atoms with van der Waals surface area (Å²) in [5, 5.41) is 3.08. The first-order valence-corrected chi connectivity index (χ1v) is 8.18. The van der Waals surface area contributed by atoms with Crippen LogP contribution in [0.3, 0.4) is 0 Å².